The van der Waals surface area contributed by atoms with Gasteiger partial charge in [0.25, 0.3) is 5.91 Å². The molecule has 1 amide bonds. The van der Waals surface area contributed by atoms with Gasteiger partial charge in [-0.1, -0.05) is 0 Å². The molecule has 1 fully saturated rings. The summed E-state index contributed by atoms with van der Waals surface area (Å²) in [6.07, 6.45) is 1.28. The van der Waals surface area contributed by atoms with Gasteiger partial charge in [-0.3, -0.25) is 4.79 Å². The normalized spacial score (nSPS) is 15.5. The maximum Gasteiger partial charge on any atom is 0.265 e. The first-order valence-electron chi connectivity index (χ1n) is 5.02. The van der Waals surface area contributed by atoms with E-state index >= 15 is 0 Å². The first-order chi connectivity index (χ1) is 8.31. The Morgan fingerprint density at radius 1 is 1.22 bits per heavy atom. The minimum atomic E-state index is -3.48. The van der Waals surface area contributed by atoms with Gasteiger partial charge in [0, 0.05) is 10.7 Å². The number of sulfonamides is 1. The van der Waals surface area contributed by atoms with Crippen LogP contribution < -0.4 is 4.72 Å². The Balaban J connectivity index is 2.29. The average molecular weight is 603 g/mol. The van der Waals surface area contributed by atoms with E-state index in [9.17, 15) is 13.2 Å². The fourth-order valence-electron chi connectivity index (χ4n) is 1.37. The zero-order valence-corrected chi connectivity index (χ0v) is 16.2. The second-order valence-corrected chi connectivity index (χ2v) is 9.37. The van der Waals surface area contributed by atoms with Crippen molar-refractivity contribution in [3.05, 3.63) is 28.4 Å². The quantitative estimate of drug-likeness (QED) is 0.428. The highest BCUT2D eigenvalue weighted by Gasteiger charge is 2.37. The van der Waals surface area contributed by atoms with E-state index in [1.807, 2.05) is 6.07 Å². The Kier molecular flexibility index (Phi) is 4.80. The molecule has 1 aliphatic carbocycles. The van der Waals surface area contributed by atoms with E-state index < -0.39 is 15.9 Å². The van der Waals surface area contributed by atoms with Crippen LogP contribution in [0.5, 0.6) is 0 Å². The Morgan fingerprint density at radius 2 is 1.83 bits per heavy atom. The summed E-state index contributed by atoms with van der Waals surface area (Å²) in [7, 11) is -3.48. The molecule has 1 aromatic carbocycles. The Hall–Kier alpha value is 0.830. The fraction of sp³-hybridized carbons (Fsp3) is 0.300. The van der Waals surface area contributed by atoms with E-state index in [0.29, 0.717) is 18.4 Å². The maximum absolute atomic E-state index is 12.0. The van der Waals surface area contributed by atoms with Crippen LogP contribution in [-0.4, -0.2) is 19.6 Å². The van der Waals surface area contributed by atoms with Crippen molar-refractivity contribution in [3.63, 3.8) is 0 Å². The van der Waals surface area contributed by atoms with Crippen molar-refractivity contribution in [2.45, 2.75) is 18.1 Å². The van der Waals surface area contributed by atoms with Gasteiger partial charge in [0.15, 0.2) is 0 Å². The van der Waals surface area contributed by atoms with Crippen LogP contribution in [0.25, 0.3) is 0 Å². The van der Waals surface area contributed by atoms with Crippen molar-refractivity contribution in [2.75, 3.05) is 0 Å². The summed E-state index contributed by atoms with van der Waals surface area (Å²) >= 11 is 6.29. The second-order valence-electron chi connectivity index (χ2n) is 3.92. The molecule has 0 saturated heterocycles. The van der Waals surface area contributed by atoms with Crippen molar-refractivity contribution < 1.29 is 13.2 Å². The van der Waals surface area contributed by atoms with E-state index in [1.165, 1.54) is 0 Å². The van der Waals surface area contributed by atoms with Crippen LogP contribution in [0.2, 0.25) is 0 Å². The topological polar surface area (TPSA) is 63.2 Å². The third kappa shape index (κ3) is 3.48. The molecule has 0 bridgehead atoms. The van der Waals surface area contributed by atoms with E-state index in [-0.39, 0.29) is 5.25 Å². The highest BCUT2D eigenvalue weighted by Crippen LogP contribution is 2.28. The highest BCUT2D eigenvalue weighted by atomic mass is 127. The number of hydrogen-bond acceptors (Lipinski definition) is 3. The molecular weight excluding hydrogens is 595 g/mol. The highest BCUT2D eigenvalue weighted by molar-refractivity contribution is 14.1. The van der Waals surface area contributed by atoms with Crippen LogP contribution in [0.4, 0.5) is 0 Å². The van der Waals surface area contributed by atoms with Gasteiger partial charge in [-0.15, -0.1) is 0 Å². The molecule has 8 heteroatoms. The maximum atomic E-state index is 12.0. The summed E-state index contributed by atoms with van der Waals surface area (Å²) in [4.78, 5) is 12.0. The molecule has 2 rings (SSSR count). The predicted octanol–water partition coefficient (Wildman–Crippen LogP) is 2.72. The summed E-state index contributed by atoms with van der Waals surface area (Å²) in [6, 6.07) is 3.64. The average Bonchev–Trinajstić information content (AvgIpc) is 3.06. The van der Waals surface area contributed by atoms with Crippen molar-refractivity contribution in [3.8, 4) is 0 Å². The summed E-state index contributed by atoms with van der Waals surface area (Å²) in [5.74, 6) is -0.539. The van der Waals surface area contributed by atoms with E-state index in [0.717, 1.165) is 10.7 Å². The molecule has 0 spiro atoms. The number of nitrogens with one attached hydrogen (secondary N) is 1. The molecule has 1 N–H and O–H groups in total. The summed E-state index contributed by atoms with van der Waals surface area (Å²) in [6.45, 7) is 0. The predicted molar refractivity (Wildman–Crippen MR) is 94.0 cm³/mol. The molecule has 0 radical (unpaired) electrons. The van der Waals surface area contributed by atoms with Gasteiger partial charge in [0.05, 0.1) is 10.8 Å². The lowest BCUT2D eigenvalue weighted by Crippen LogP contribution is -2.33. The smallest absolute Gasteiger partial charge is 0.265 e. The molecular formula is C10H8I3NO3S. The first-order valence-corrected chi connectivity index (χ1v) is 9.80. The molecule has 0 unspecified atom stereocenters. The minimum Gasteiger partial charge on any atom is -0.268 e. The summed E-state index contributed by atoms with van der Waals surface area (Å²) < 4.78 is 28.2. The van der Waals surface area contributed by atoms with E-state index in [4.69, 9.17) is 0 Å². The third-order valence-corrected chi connectivity index (χ3v) is 7.92. The Labute approximate surface area is 146 Å². The molecule has 1 saturated carbocycles. The first kappa shape index (κ1) is 15.2. The van der Waals surface area contributed by atoms with Gasteiger partial charge in [0.2, 0.25) is 10.0 Å². The van der Waals surface area contributed by atoms with Crippen LogP contribution in [0.3, 0.4) is 0 Å². The lowest BCUT2D eigenvalue weighted by molar-refractivity contribution is 0.0980. The van der Waals surface area contributed by atoms with Crippen molar-refractivity contribution >= 4 is 83.7 Å². The monoisotopic (exact) mass is 603 g/mol. The van der Waals surface area contributed by atoms with Crippen LogP contribution in [0.1, 0.15) is 23.2 Å². The molecule has 0 aromatic heterocycles. The van der Waals surface area contributed by atoms with Gasteiger partial charge in [-0.2, -0.15) is 0 Å². The third-order valence-electron chi connectivity index (χ3n) is 2.44. The zero-order valence-electron chi connectivity index (χ0n) is 8.91. The van der Waals surface area contributed by atoms with Gasteiger partial charge in [-0.05, 0) is 92.7 Å². The number of amides is 1. The number of carbonyl (C=O) groups is 1. The molecule has 98 valence electrons. The molecule has 1 aromatic rings. The molecule has 18 heavy (non-hydrogen) atoms. The van der Waals surface area contributed by atoms with Crippen LogP contribution in [0.15, 0.2) is 12.1 Å². The zero-order chi connectivity index (χ0) is 13.5. The van der Waals surface area contributed by atoms with E-state index in [1.54, 1.807) is 6.07 Å². The lowest BCUT2D eigenvalue weighted by Gasteiger charge is -2.09. The van der Waals surface area contributed by atoms with Crippen LogP contribution >= 0.6 is 67.8 Å². The molecule has 0 atom stereocenters. The van der Waals surface area contributed by atoms with Gasteiger partial charge < -0.3 is 0 Å². The van der Waals surface area contributed by atoms with Gasteiger partial charge in [-0.25, -0.2) is 13.1 Å². The second kappa shape index (κ2) is 5.68. The minimum absolute atomic E-state index is 0.388. The molecule has 0 heterocycles. The van der Waals surface area contributed by atoms with E-state index in [2.05, 4.69) is 72.5 Å². The largest absolute Gasteiger partial charge is 0.268 e. The van der Waals surface area contributed by atoms with Crippen LogP contribution in [-0.2, 0) is 10.0 Å². The van der Waals surface area contributed by atoms with Crippen molar-refractivity contribution in [1.29, 1.82) is 0 Å². The summed E-state index contributed by atoms with van der Waals surface area (Å²) in [5, 5.41) is -0.388. The van der Waals surface area contributed by atoms with Crippen molar-refractivity contribution in [1.82, 2.24) is 4.72 Å². The lowest BCUT2D eigenvalue weighted by atomic mass is 10.2. The number of benzene rings is 1. The Bertz CT molecular complexity index is 611. The summed E-state index contributed by atoms with van der Waals surface area (Å²) in [5.41, 5.74) is 0.413. The van der Waals surface area contributed by atoms with Gasteiger partial charge in [0.1, 0.15) is 0 Å². The molecule has 4 nitrogen and oxygen atoms in total. The van der Waals surface area contributed by atoms with Gasteiger partial charge >= 0.3 is 0 Å². The van der Waals surface area contributed by atoms with Crippen molar-refractivity contribution in [2.24, 2.45) is 0 Å². The Morgan fingerprint density at radius 3 is 2.39 bits per heavy atom. The SMILES string of the molecule is O=C(NS(=O)(=O)C1CC1)c1cc(I)cc(I)c1I. The van der Waals surface area contributed by atoms with Crippen LogP contribution in [0, 0.1) is 10.7 Å². The fourth-order valence-corrected chi connectivity index (χ4v) is 5.06. The standard InChI is InChI=1S/C10H8I3NO3S/c11-5-3-7(9(13)8(12)4-5)10(15)14-18(16,17)6-1-2-6/h3-4,6H,1-2H2,(H,14,15). The number of halogens is 3. The number of carbonyl (C=O) groups excluding carboxylic acids is 1. The molecule has 0 aliphatic heterocycles. The number of hydrogen-bond donors (Lipinski definition) is 1. The molecule has 1 aliphatic rings. The number of rotatable bonds is 3.